The van der Waals surface area contributed by atoms with Gasteiger partial charge in [-0.2, -0.15) is 0 Å². The first kappa shape index (κ1) is 14.5. The summed E-state index contributed by atoms with van der Waals surface area (Å²) in [5, 5.41) is 3.50. The molecule has 1 aromatic rings. The van der Waals surface area contributed by atoms with Crippen molar-refractivity contribution in [1.82, 2.24) is 5.32 Å². The molecule has 2 nitrogen and oxygen atoms in total. The molecule has 0 saturated carbocycles. The van der Waals surface area contributed by atoms with Crippen LogP contribution >= 0.6 is 0 Å². The van der Waals surface area contributed by atoms with Crippen LogP contribution in [-0.2, 0) is 11.2 Å². The minimum Gasteiger partial charge on any atom is -0.378 e. The molecule has 0 spiro atoms. The highest BCUT2D eigenvalue weighted by atomic mass is 19.1. The first-order chi connectivity index (χ1) is 9.24. The molecule has 106 valence electrons. The van der Waals surface area contributed by atoms with Gasteiger partial charge in [0.05, 0.1) is 6.10 Å². The van der Waals surface area contributed by atoms with Gasteiger partial charge in [0, 0.05) is 12.6 Å². The summed E-state index contributed by atoms with van der Waals surface area (Å²) in [6, 6.07) is 7.22. The predicted molar refractivity (Wildman–Crippen MR) is 75.8 cm³/mol. The van der Waals surface area contributed by atoms with Crippen molar-refractivity contribution in [2.24, 2.45) is 0 Å². The molecule has 0 bridgehead atoms. The van der Waals surface area contributed by atoms with E-state index < -0.39 is 0 Å². The Balaban J connectivity index is 1.65. The Labute approximate surface area is 115 Å². The van der Waals surface area contributed by atoms with Crippen LogP contribution in [0.1, 0.15) is 38.2 Å². The molecule has 1 saturated heterocycles. The fourth-order valence-corrected chi connectivity index (χ4v) is 2.62. The highest BCUT2D eigenvalue weighted by Crippen LogP contribution is 2.15. The summed E-state index contributed by atoms with van der Waals surface area (Å²) in [5.74, 6) is -0.152. The molecule has 1 aliphatic heterocycles. The molecule has 0 aliphatic carbocycles. The maximum Gasteiger partial charge on any atom is 0.123 e. The molecule has 19 heavy (non-hydrogen) atoms. The third-order valence-electron chi connectivity index (χ3n) is 3.66. The van der Waals surface area contributed by atoms with Crippen LogP contribution in [-0.4, -0.2) is 25.3 Å². The highest BCUT2D eigenvalue weighted by Gasteiger charge is 2.13. The molecule has 3 heteroatoms. The summed E-state index contributed by atoms with van der Waals surface area (Å²) in [5.41, 5.74) is 1.05. The zero-order valence-corrected chi connectivity index (χ0v) is 11.7. The van der Waals surface area contributed by atoms with Crippen molar-refractivity contribution in [3.05, 3.63) is 35.6 Å². The molecule has 2 unspecified atom stereocenters. The van der Waals surface area contributed by atoms with Crippen molar-refractivity contribution in [3.63, 3.8) is 0 Å². The molecule has 0 radical (unpaired) electrons. The van der Waals surface area contributed by atoms with Crippen molar-refractivity contribution in [3.8, 4) is 0 Å². The molecule has 1 heterocycles. The third-order valence-corrected chi connectivity index (χ3v) is 3.66. The van der Waals surface area contributed by atoms with Gasteiger partial charge in [-0.05, 0) is 63.3 Å². The van der Waals surface area contributed by atoms with Crippen LogP contribution in [0.4, 0.5) is 4.39 Å². The number of halogens is 1. The molecular weight excluding hydrogens is 241 g/mol. The van der Waals surface area contributed by atoms with Gasteiger partial charge in [0.15, 0.2) is 0 Å². The maximum absolute atomic E-state index is 13.1. The van der Waals surface area contributed by atoms with Gasteiger partial charge in [0.25, 0.3) is 0 Å². The van der Waals surface area contributed by atoms with E-state index in [1.54, 1.807) is 12.1 Å². The number of benzene rings is 1. The summed E-state index contributed by atoms with van der Waals surface area (Å²) in [6.07, 6.45) is 6.07. The van der Waals surface area contributed by atoms with Gasteiger partial charge in [0.1, 0.15) is 5.82 Å². The molecule has 1 aromatic carbocycles. The zero-order valence-electron chi connectivity index (χ0n) is 11.7. The molecule has 1 fully saturated rings. The lowest BCUT2D eigenvalue weighted by Crippen LogP contribution is -2.32. The Morgan fingerprint density at radius 1 is 1.42 bits per heavy atom. The number of nitrogens with one attached hydrogen (secondary N) is 1. The lowest BCUT2D eigenvalue weighted by atomic mass is 10.0. The summed E-state index contributed by atoms with van der Waals surface area (Å²) >= 11 is 0. The van der Waals surface area contributed by atoms with Crippen LogP contribution in [0.15, 0.2) is 24.3 Å². The van der Waals surface area contributed by atoms with Crippen molar-refractivity contribution < 1.29 is 9.13 Å². The first-order valence-electron chi connectivity index (χ1n) is 7.33. The normalized spacial score (nSPS) is 21.3. The Bertz CT molecular complexity index is 377. The summed E-state index contributed by atoms with van der Waals surface area (Å²) < 4.78 is 18.8. The second-order valence-corrected chi connectivity index (χ2v) is 5.47. The average molecular weight is 265 g/mol. The predicted octanol–water partition coefficient (Wildman–Crippen LogP) is 3.31. The fourth-order valence-electron chi connectivity index (χ4n) is 2.62. The first-order valence-corrected chi connectivity index (χ1v) is 7.33. The van der Waals surface area contributed by atoms with E-state index in [0.29, 0.717) is 12.1 Å². The average Bonchev–Trinajstić information content (AvgIpc) is 2.40. The van der Waals surface area contributed by atoms with Gasteiger partial charge in [-0.3, -0.25) is 0 Å². The van der Waals surface area contributed by atoms with E-state index in [4.69, 9.17) is 4.74 Å². The summed E-state index contributed by atoms with van der Waals surface area (Å²) in [7, 11) is 0. The van der Waals surface area contributed by atoms with Crippen LogP contribution in [0.3, 0.4) is 0 Å². The van der Waals surface area contributed by atoms with Gasteiger partial charge < -0.3 is 10.1 Å². The quantitative estimate of drug-likeness (QED) is 0.852. The minimum atomic E-state index is -0.152. The smallest absolute Gasteiger partial charge is 0.123 e. The number of rotatable bonds is 6. The lowest BCUT2D eigenvalue weighted by Gasteiger charge is -2.23. The molecule has 1 N–H and O–H groups in total. The summed E-state index contributed by atoms with van der Waals surface area (Å²) in [6.45, 7) is 4.04. The van der Waals surface area contributed by atoms with E-state index >= 15 is 0 Å². The van der Waals surface area contributed by atoms with Crippen LogP contribution in [0.5, 0.6) is 0 Å². The monoisotopic (exact) mass is 265 g/mol. The van der Waals surface area contributed by atoms with Crippen molar-refractivity contribution in [2.75, 3.05) is 13.2 Å². The SMILES string of the molecule is CC(Cc1cccc(F)c1)NCCC1CCCCO1. The Morgan fingerprint density at radius 3 is 3.05 bits per heavy atom. The van der Waals surface area contributed by atoms with Crippen LogP contribution < -0.4 is 5.32 Å². The van der Waals surface area contributed by atoms with Gasteiger partial charge in [-0.25, -0.2) is 4.39 Å². The van der Waals surface area contributed by atoms with Crippen LogP contribution in [0, 0.1) is 5.82 Å². The second kappa shape index (κ2) is 7.61. The van der Waals surface area contributed by atoms with Crippen LogP contribution in [0.25, 0.3) is 0 Å². The summed E-state index contributed by atoms with van der Waals surface area (Å²) in [4.78, 5) is 0. The Hall–Kier alpha value is -0.930. The zero-order chi connectivity index (χ0) is 13.5. The van der Waals surface area contributed by atoms with Crippen molar-refractivity contribution in [2.45, 2.75) is 51.2 Å². The standard InChI is InChI=1S/C16H24FNO/c1-13(11-14-5-4-6-15(17)12-14)18-9-8-16-7-2-3-10-19-16/h4-6,12-13,16,18H,2-3,7-11H2,1H3. The fraction of sp³-hybridized carbons (Fsp3) is 0.625. The second-order valence-electron chi connectivity index (χ2n) is 5.47. The molecular formula is C16H24FNO. The molecule has 1 aliphatic rings. The van der Waals surface area contributed by atoms with E-state index in [1.807, 2.05) is 6.07 Å². The molecule has 0 aromatic heterocycles. The van der Waals surface area contributed by atoms with Crippen LogP contribution in [0.2, 0.25) is 0 Å². The van der Waals surface area contributed by atoms with E-state index in [1.165, 1.54) is 25.3 Å². The van der Waals surface area contributed by atoms with E-state index in [-0.39, 0.29) is 5.82 Å². The van der Waals surface area contributed by atoms with E-state index in [2.05, 4.69) is 12.2 Å². The minimum absolute atomic E-state index is 0.152. The van der Waals surface area contributed by atoms with E-state index in [9.17, 15) is 4.39 Å². The van der Waals surface area contributed by atoms with Crippen molar-refractivity contribution in [1.29, 1.82) is 0 Å². The Kier molecular flexibility index (Phi) is 5.80. The van der Waals surface area contributed by atoms with Crippen molar-refractivity contribution >= 4 is 0 Å². The largest absolute Gasteiger partial charge is 0.378 e. The Morgan fingerprint density at radius 2 is 2.32 bits per heavy atom. The maximum atomic E-state index is 13.1. The number of hydrogen-bond donors (Lipinski definition) is 1. The van der Waals surface area contributed by atoms with Gasteiger partial charge in [-0.1, -0.05) is 12.1 Å². The molecule has 2 rings (SSSR count). The van der Waals surface area contributed by atoms with Gasteiger partial charge in [0.2, 0.25) is 0 Å². The van der Waals surface area contributed by atoms with E-state index in [0.717, 1.165) is 31.6 Å². The number of ether oxygens (including phenoxy) is 1. The lowest BCUT2D eigenvalue weighted by molar-refractivity contribution is 0.0113. The topological polar surface area (TPSA) is 21.3 Å². The molecule has 0 amide bonds. The van der Waals surface area contributed by atoms with Gasteiger partial charge >= 0.3 is 0 Å². The number of hydrogen-bond acceptors (Lipinski definition) is 2. The third kappa shape index (κ3) is 5.29. The molecule has 2 atom stereocenters. The highest BCUT2D eigenvalue weighted by molar-refractivity contribution is 5.17. The van der Waals surface area contributed by atoms with Gasteiger partial charge in [-0.15, -0.1) is 0 Å².